The van der Waals surface area contributed by atoms with Crippen LogP contribution in [0.15, 0.2) is 11.0 Å². The van der Waals surface area contributed by atoms with Gasteiger partial charge in [-0.25, -0.2) is 12.8 Å². The highest BCUT2D eigenvalue weighted by Crippen LogP contribution is 2.37. The first-order valence-electron chi connectivity index (χ1n) is 3.78. The summed E-state index contributed by atoms with van der Waals surface area (Å²) in [6.07, 6.45) is 0.131. The summed E-state index contributed by atoms with van der Waals surface area (Å²) in [5, 5.41) is -0.605. The van der Waals surface area contributed by atoms with Crippen molar-refractivity contribution in [1.82, 2.24) is 0 Å². The van der Waals surface area contributed by atoms with E-state index in [1.54, 1.807) is 0 Å². The Labute approximate surface area is 100 Å². The van der Waals surface area contributed by atoms with Crippen LogP contribution in [-0.4, -0.2) is 21.8 Å². The number of benzene rings is 1. The van der Waals surface area contributed by atoms with Crippen molar-refractivity contribution in [3.8, 4) is 5.75 Å². The maximum atomic E-state index is 13.3. The number of halogens is 3. The summed E-state index contributed by atoms with van der Waals surface area (Å²) >= 11 is 5.51. The fourth-order valence-electron chi connectivity index (χ4n) is 1.06. The van der Waals surface area contributed by atoms with E-state index >= 15 is 0 Å². The molecule has 0 aliphatic rings. The lowest BCUT2D eigenvalue weighted by Gasteiger charge is -2.09. The Morgan fingerprint density at radius 1 is 1.50 bits per heavy atom. The van der Waals surface area contributed by atoms with Crippen LogP contribution in [0.2, 0.25) is 5.02 Å². The van der Waals surface area contributed by atoms with Gasteiger partial charge in [-0.3, -0.25) is 4.79 Å². The van der Waals surface area contributed by atoms with Crippen LogP contribution in [0.5, 0.6) is 5.75 Å². The van der Waals surface area contributed by atoms with Gasteiger partial charge in [0.15, 0.2) is 17.9 Å². The fourth-order valence-corrected chi connectivity index (χ4v) is 2.42. The van der Waals surface area contributed by atoms with Crippen molar-refractivity contribution in [2.45, 2.75) is 4.90 Å². The molecule has 0 aliphatic carbocycles. The molecular formula is C8H5Cl2FO4S. The molecule has 0 saturated heterocycles. The van der Waals surface area contributed by atoms with Crippen molar-refractivity contribution in [1.29, 1.82) is 0 Å². The zero-order valence-electron chi connectivity index (χ0n) is 7.83. The molecule has 1 aromatic rings. The lowest BCUT2D eigenvalue weighted by Crippen LogP contribution is -2.01. The molecule has 88 valence electrons. The van der Waals surface area contributed by atoms with E-state index in [0.717, 1.165) is 13.2 Å². The zero-order valence-corrected chi connectivity index (χ0v) is 10.2. The van der Waals surface area contributed by atoms with Gasteiger partial charge in [0.2, 0.25) is 0 Å². The van der Waals surface area contributed by atoms with Crippen LogP contribution in [0.3, 0.4) is 0 Å². The average Bonchev–Trinajstić information content (AvgIpc) is 2.20. The number of carbonyl (C=O) groups excluding carboxylic acids is 1. The molecule has 0 radical (unpaired) electrons. The smallest absolute Gasteiger partial charge is 0.265 e. The van der Waals surface area contributed by atoms with E-state index in [1.165, 1.54) is 0 Å². The molecule has 0 amide bonds. The van der Waals surface area contributed by atoms with E-state index < -0.39 is 36.1 Å². The first kappa shape index (κ1) is 13.2. The maximum Gasteiger partial charge on any atom is 0.265 e. The summed E-state index contributed by atoms with van der Waals surface area (Å²) in [7, 11) is 2.01. The van der Waals surface area contributed by atoms with Crippen molar-refractivity contribution in [3.63, 3.8) is 0 Å². The molecule has 0 fully saturated rings. The SMILES string of the molecule is COc1c(S(=O)(=O)Cl)cc(C=O)c(F)c1Cl. The Balaban J connectivity index is 3.74. The highest BCUT2D eigenvalue weighted by molar-refractivity contribution is 8.13. The molecule has 0 saturated carbocycles. The quantitative estimate of drug-likeness (QED) is 0.631. The van der Waals surface area contributed by atoms with E-state index in [4.69, 9.17) is 22.3 Å². The Morgan fingerprint density at radius 2 is 2.06 bits per heavy atom. The van der Waals surface area contributed by atoms with Gasteiger partial charge < -0.3 is 4.74 Å². The number of hydrogen-bond acceptors (Lipinski definition) is 4. The van der Waals surface area contributed by atoms with Crippen molar-refractivity contribution >= 4 is 37.6 Å². The van der Waals surface area contributed by atoms with Crippen LogP contribution >= 0.6 is 22.3 Å². The molecule has 0 aliphatic heterocycles. The molecule has 0 unspecified atom stereocenters. The molecule has 4 nitrogen and oxygen atoms in total. The molecule has 0 aromatic heterocycles. The first-order chi connectivity index (χ1) is 7.32. The molecule has 8 heteroatoms. The van der Waals surface area contributed by atoms with Crippen LogP contribution in [-0.2, 0) is 9.05 Å². The molecule has 0 heterocycles. The highest BCUT2D eigenvalue weighted by Gasteiger charge is 2.24. The van der Waals surface area contributed by atoms with Crippen molar-refractivity contribution in [2.75, 3.05) is 7.11 Å². The van der Waals surface area contributed by atoms with Gasteiger partial charge in [0.05, 0.1) is 12.7 Å². The van der Waals surface area contributed by atoms with Crippen LogP contribution in [0, 0.1) is 5.82 Å². The topological polar surface area (TPSA) is 60.4 Å². The minimum absolute atomic E-state index is 0.131. The average molecular weight is 287 g/mol. The lowest BCUT2D eigenvalue weighted by molar-refractivity contribution is 0.111. The highest BCUT2D eigenvalue weighted by atomic mass is 35.7. The number of hydrogen-bond donors (Lipinski definition) is 0. The molecule has 16 heavy (non-hydrogen) atoms. The predicted molar refractivity (Wildman–Crippen MR) is 56.4 cm³/mol. The fraction of sp³-hybridized carbons (Fsp3) is 0.125. The van der Waals surface area contributed by atoms with Crippen LogP contribution in [0.4, 0.5) is 4.39 Å². The maximum absolute atomic E-state index is 13.3. The third kappa shape index (κ3) is 2.28. The van der Waals surface area contributed by atoms with Gasteiger partial charge in [-0.05, 0) is 6.07 Å². The molecule has 0 bridgehead atoms. The number of methoxy groups -OCH3 is 1. The van der Waals surface area contributed by atoms with E-state index in [9.17, 15) is 17.6 Å². The summed E-state index contributed by atoms with van der Waals surface area (Å²) in [6.45, 7) is 0. The standard InChI is InChI=1S/C8H5Cl2FO4S/c1-15-8-5(16(10,13)14)2-4(3-12)7(11)6(8)9/h2-3H,1H3. The van der Waals surface area contributed by atoms with E-state index in [-0.39, 0.29) is 6.29 Å². The second-order valence-electron chi connectivity index (χ2n) is 2.68. The molecule has 0 atom stereocenters. The van der Waals surface area contributed by atoms with Gasteiger partial charge in [-0.1, -0.05) is 11.6 Å². The zero-order chi connectivity index (χ0) is 12.5. The van der Waals surface area contributed by atoms with E-state index in [1.807, 2.05) is 0 Å². The third-order valence-corrected chi connectivity index (χ3v) is 3.41. The lowest BCUT2D eigenvalue weighted by atomic mass is 10.2. The molecular weight excluding hydrogens is 282 g/mol. The Bertz CT molecular complexity index is 541. The molecule has 1 aromatic carbocycles. The van der Waals surface area contributed by atoms with Gasteiger partial charge in [-0.2, -0.15) is 0 Å². The number of ether oxygens (including phenoxy) is 1. The van der Waals surface area contributed by atoms with Gasteiger partial charge in [0.1, 0.15) is 9.92 Å². The van der Waals surface area contributed by atoms with Crippen LogP contribution < -0.4 is 4.74 Å². The van der Waals surface area contributed by atoms with Gasteiger partial charge in [0.25, 0.3) is 9.05 Å². The number of carbonyl (C=O) groups is 1. The second-order valence-corrected chi connectivity index (χ2v) is 5.59. The number of aldehydes is 1. The monoisotopic (exact) mass is 286 g/mol. The summed E-state index contributed by atoms with van der Waals surface area (Å²) in [6, 6.07) is 0.759. The Morgan fingerprint density at radius 3 is 2.44 bits per heavy atom. The first-order valence-corrected chi connectivity index (χ1v) is 6.47. The van der Waals surface area contributed by atoms with E-state index in [2.05, 4.69) is 4.74 Å². The summed E-state index contributed by atoms with van der Waals surface area (Å²) in [5.41, 5.74) is -0.509. The van der Waals surface area contributed by atoms with Crippen LogP contribution in [0.1, 0.15) is 10.4 Å². The summed E-state index contributed by atoms with van der Waals surface area (Å²) in [4.78, 5) is 9.93. The normalized spacial score (nSPS) is 11.2. The number of rotatable bonds is 3. The Hall–Kier alpha value is -0.850. The largest absolute Gasteiger partial charge is 0.494 e. The van der Waals surface area contributed by atoms with Crippen molar-refractivity contribution in [2.24, 2.45) is 0 Å². The third-order valence-electron chi connectivity index (χ3n) is 1.75. The second kappa shape index (κ2) is 4.57. The molecule has 0 N–H and O–H groups in total. The van der Waals surface area contributed by atoms with Gasteiger partial charge in [0, 0.05) is 10.7 Å². The minimum atomic E-state index is -4.18. The summed E-state index contributed by atoms with van der Waals surface area (Å²) in [5.74, 6) is -1.49. The predicted octanol–water partition coefficient (Wildman–Crippen LogP) is 2.23. The van der Waals surface area contributed by atoms with E-state index in [0.29, 0.717) is 0 Å². The van der Waals surface area contributed by atoms with Gasteiger partial charge in [-0.15, -0.1) is 0 Å². The summed E-state index contributed by atoms with van der Waals surface area (Å²) < 4.78 is 40.2. The Kier molecular flexibility index (Phi) is 3.77. The minimum Gasteiger partial charge on any atom is -0.494 e. The molecule has 1 rings (SSSR count). The van der Waals surface area contributed by atoms with Gasteiger partial charge >= 0.3 is 0 Å². The van der Waals surface area contributed by atoms with Crippen LogP contribution in [0.25, 0.3) is 0 Å². The van der Waals surface area contributed by atoms with Crippen molar-refractivity contribution in [3.05, 3.63) is 22.5 Å². The van der Waals surface area contributed by atoms with Crippen molar-refractivity contribution < 1.29 is 22.3 Å². The molecule has 0 spiro atoms.